The van der Waals surface area contributed by atoms with Crippen molar-refractivity contribution in [3.63, 3.8) is 0 Å². The van der Waals surface area contributed by atoms with Gasteiger partial charge in [0.2, 0.25) is 0 Å². The minimum absolute atomic E-state index is 0. The van der Waals surface area contributed by atoms with E-state index in [0.717, 1.165) is 34.6 Å². The SMILES string of the molecule is CC(=O)O.CC(=O)O.CC(=O)O.CC(=O)O.CC(=O)O.N.NCCN.[Fe]. The summed E-state index contributed by atoms with van der Waals surface area (Å²) in [7, 11) is 0. The maximum Gasteiger partial charge on any atom is 0.300 e. The van der Waals surface area contributed by atoms with Crippen molar-refractivity contribution in [1.29, 1.82) is 0 Å². The van der Waals surface area contributed by atoms with Crippen molar-refractivity contribution in [1.82, 2.24) is 6.15 Å². The van der Waals surface area contributed by atoms with Gasteiger partial charge in [-0.1, -0.05) is 0 Å². The van der Waals surface area contributed by atoms with Crippen LogP contribution in [0.5, 0.6) is 0 Å². The number of hydrogen-bond donors (Lipinski definition) is 8. The van der Waals surface area contributed by atoms with Crippen molar-refractivity contribution in [2.24, 2.45) is 11.5 Å². The van der Waals surface area contributed by atoms with Gasteiger partial charge in [0.15, 0.2) is 0 Å². The first kappa shape index (κ1) is 49.6. The summed E-state index contributed by atoms with van der Waals surface area (Å²) < 4.78 is 0. The van der Waals surface area contributed by atoms with Crippen molar-refractivity contribution < 1.29 is 66.6 Å². The maximum atomic E-state index is 9.00. The normalized spacial score (nSPS) is 5.96. The van der Waals surface area contributed by atoms with E-state index in [0.29, 0.717) is 13.1 Å². The molecule has 0 fully saturated rings. The molecule has 0 aliphatic heterocycles. The Morgan fingerprint density at radius 2 is 0.577 bits per heavy atom. The van der Waals surface area contributed by atoms with Gasteiger partial charge in [-0.25, -0.2) is 0 Å². The molecule has 0 aromatic carbocycles. The summed E-state index contributed by atoms with van der Waals surface area (Å²) in [4.78, 5) is 45.0. The maximum absolute atomic E-state index is 9.00. The summed E-state index contributed by atoms with van der Waals surface area (Å²) >= 11 is 0. The molecule has 0 unspecified atom stereocenters. The first-order chi connectivity index (χ1) is 10.6. The minimum atomic E-state index is -0.833. The molecule has 13 nitrogen and oxygen atoms in total. The number of rotatable bonds is 1. The molecule has 0 radical (unpaired) electrons. The van der Waals surface area contributed by atoms with Crippen molar-refractivity contribution in [2.45, 2.75) is 34.6 Å². The number of carbonyl (C=O) groups is 5. The van der Waals surface area contributed by atoms with E-state index in [9.17, 15) is 0 Å². The summed E-state index contributed by atoms with van der Waals surface area (Å²) in [5, 5.41) is 37.1. The van der Waals surface area contributed by atoms with Gasteiger partial charge in [0.1, 0.15) is 0 Å². The Balaban J connectivity index is -0.0000000245. The Hall–Kier alpha value is -2.25. The van der Waals surface area contributed by atoms with Crippen LogP contribution in [0, 0.1) is 0 Å². The third-order valence-electron chi connectivity index (χ3n) is 0.167. The van der Waals surface area contributed by atoms with Gasteiger partial charge in [-0.2, -0.15) is 0 Å². The number of carboxylic acids is 5. The van der Waals surface area contributed by atoms with Crippen LogP contribution in [0.3, 0.4) is 0 Å². The fourth-order valence-corrected chi connectivity index (χ4v) is 0. The molecule has 0 aromatic rings. The van der Waals surface area contributed by atoms with Crippen molar-refractivity contribution in [3.05, 3.63) is 0 Å². The molecule has 14 heteroatoms. The molecule has 0 bridgehead atoms. The molecule has 0 saturated heterocycles. The Bertz CT molecular complexity index is 250. The number of aliphatic carboxylic acids is 5. The van der Waals surface area contributed by atoms with E-state index in [1.807, 2.05) is 0 Å². The monoisotopic (exact) mass is 433 g/mol. The van der Waals surface area contributed by atoms with Crippen molar-refractivity contribution in [3.8, 4) is 0 Å². The van der Waals surface area contributed by atoms with E-state index in [1.54, 1.807) is 0 Å². The van der Waals surface area contributed by atoms with Crippen molar-refractivity contribution >= 4 is 29.8 Å². The third kappa shape index (κ3) is 5990. The van der Waals surface area contributed by atoms with Gasteiger partial charge in [0.05, 0.1) is 0 Å². The Kier molecular flexibility index (Phi) is 94.3. The molecule has 0 aliphatic carbocycles. The van der Waals surface area contributed by atoms with Gasteiger partial charge in [0.25, 0.3) is 29.8 Å². The Labute approximate surface area is 162 Å². The first-order valence-electron chi connectivity index (χ1n) is 5.96. The van der Waals surface area contributed by atoms with Crippen molar-refractivity contribution in [2.75, 3.05) is 13.1 Å². The zero-order valence-corrected chi connectivity index (χ0v) is 16.5. The van der Waals surface area contributed by atoms with Gasteiger partial charge in [0, 0.05) is 64.8 Å². The van der Waals surface area contributed by atoms with Crippen LogP contribution in [0.1, 0.15) is 34.6 Å². The molecule has 0 rings (SSSR count). The quantitative estimate of drug-likeness (QED) is 0.243. The topological polar surface area (TPSA) is 274 Å². The standard InChI is InChI=1S/C2H8N2.5C2H4O2.Fe.H3N/c3-1-2-4;5*1-2(3)4;;/h1-4H2;5*1H3,(H,3,4);;1H3. The van der Waals surface area contributed by atoms with Crippen LogP contribution in [0.15, 0.2) is 0 Å². The van der Waals surface area contributed by atoms with Crippen LogP contribution in [0.2, 0.25) is 0 Å². The summed E-state index contributed by atoms with van der Waals surface area (Å²) in [6.07, 6.45) is 0. The predicted octanol–water partition coefficient (Wildman–Crippen LogP) is -0.482. The van der Waals surface area contributed by atoms with Crippen LogP contribution in [-0.4, -0.2) is 68.5 Å². The van der Waals surface area contributed by atoms with E-state index in [1.165, 1.54) is 0 Å². The zero-order valence-electron chi connectivity index (χ0n) is 15.4. The summed E-state index contributed by atoms with van der Waals surface area (Å²) in [5.74, 6) is -4.17. The fraction of sp³-hybridized carbons (Fsp3) is 0.583. The molecule has 0 aromatic heterocycles. The summed E-state index contributed by atoms with van der Waals surface area (Å²) in [5.41, 5.74) is 9.81. The second kappa shape index (κ2) is 49.5. The summed E-state index contributed by atoms with van der Waals surface area (Å²) in [6, 6.07) is 0. The summed E-state index contributed by atoms with van der Waals surface area (Å²) in [6.45, 7) is 6.61. The van der Waals surface area contributed by atoms with Crippen LogP contribution in [0.4, 0.5) is 0 Å². The second-order valence-corrected chi connectivity index (χ2v) is 3.17. The molecular weight excluding hydrogens is 402 g/mol. The second-order valence-electron chi connectivity index (χ2n) is 3.17. The van der Waals surface area contributed by atoms with Crippen LogP contribution in [-0.2, 0) is 41.0 Å². The Morgan fingerprint density at radius 1 is 0.538 bits per heavy atom. The molecule has 0 aliphatic rings. The molecule has 0 atom stereocenters. The van der Waals surface area contributed by atoms with E-state index in [4.69, 9.17) is 61.0 Å². The van der Waals surface area contributed by atoms with Gasteiger partial charge in [-0.3, -0.25) is 24.0 Å². The van der Waals surface area contributed by atoms with Crippen LogP contribution < -0.4 is 17.6 Å². The van der Waals surface area contributed by atoms with Gasteiger partial charge >= 0.3 is 0 Å². The average molecular weight is 433 g/mol. The zero-order chi connectivity index (χ0) is 21.3. The smallest absolute Gasteiger partial charge is 0.300 e. The first-order valence-corrected chi connectivity index (χ1v) is 5.96. The van der Waals surface area contributed by atoms with Gasteiger partial charge < -0.3 is 43.2 Å². The average Bonchev–Trinajstić information content (AvgIpc) is 2.24. The molecule has 0 saturated carbocycles. The minimum Gasteiger partial charge on any atom is -0.481 e. The molecular formula is C12H31FeN3O10. The van der Waals surface area contributed by atoms with Gasteiger partial charge in [-0.05, 0) is 0 Å². The fourth-order valence-electron chi connectivity index (χ4n) is 0. The van der Waals surface area contributed by atoms with Crippen LogP contribution >= 0.6 is 0 Å². The molecule has 0 spiro atoms. The van der Waals surface area contributed by atoms with E-state index in [-0.39, 0.29) is 23.2 Å². The van der Waals surface area contributed by atoms with E-state index < -0.39 is 29.8 Å². The molecule has 162 valence electrons. The number of nitrogens with two attached hydrogens (primary N) is 2. The van der Waals surface area contributed by atoms with Gasteiger partial charge in [-0.15, -0.1) is 0 Å². The molecule has 0 amide bonds. The number of hydrogen-bond acceptors (Lipinski definition) is 8. The van der Waals surface area contributed by atoms with Crippen LogP contribution in [0.25, 0.3) is 0 Å². The number of carboxylic acid groups (broad SMARTS) is 5. The molecule has 0 heterocycles. The predicted molar refractivity (Wildman–Crippen MR) is 89.7 cm³/mol. The Morgan fingerprint density at radius 3 is 0.577 bits per heavy atom. The third-order valence-corrected chi connectivity index (χ3v) is 0.167. The van der Waals surface area contributed by atoms with E-state index >= 15 is 0 Å². The largest absolute Gasteiger partial charge is 0.481 e. The molecule has 26 heavy (non-hydrogen) atoms. The molecule has 12 N–H and O–H groups in total. The van der Waals surface area contributed by atoms with E-state index in [2.05, 4.69) is 0 Å².